The summed E-state index contributed by atoms with van der Waals surface area (Å²) >= 11 is 0. The van der Waals surface area contributed by atoms with E-state index in [0.717, 1.165) is 26.1 Å². The molecule has 0 radical (unpaired) electrons. The molecule has 2 N–H and O–H groups in total. The number of likely N-dealkylation sites (tertiary alicyclic amines) is 1. The van der Waals surface area contributed by atoms with E-state index in [1.807, 2.05) is 11.9 Å². The quantitative estimate of drug-likeness (QED) is 0.645. The maximum Gasteiger partial charge on any atom is 0.219 e. The van der Waals surface area contributed by atoms with Gasteiger partial charge >= 0.3 is 0 Å². The zero-order valence-electron chi connectivity index (χ0n) is 8.49. The van der Waals surface area contributed by atoms with Crippen molar-refractivity contribution in [2.75, 3.05) is 33.2 Å². The van der Waals surface area contributed by atoms with Gasteiger partial charge in [0.1, 0.15) is 0 Å². The lowest BCUT2D eigenvalue weighted by molar-refractivity contribution is -0.129. The van der Waals surface area contributed by atoms with Gasteiger partial charge in [0.05, 0.1) is 0 Å². The predicted octanol–water partition coefficient (Wildman–Crippen LogP) is -0.502. The molecular formula is C9H19N3O. The topological polar surface area (TPSA) is 49.6 Å². The molecule has 1 amide bonds. The molecule has 1 aliphatic heterocycles. The van der Waals surface area contributed by atoms with Gasteiger partial charge in [0.2, 0.25) is 5.91 Å². The highest BCUT2D eigenvalue weighted by Gasteiger charge is 2.25. The predicted molar refractivity (Wildman–Crippen MR) is 52.3 cm³/mol. The molecule has 0 spiro atoms. The minimum atomic E-state index is 0.152. The Labute approximate surface area is 79.7 Å². The fraction of sp³-hybridized carbons (Fsp3) is 0.889. The van der Waals surface area contributed by atoms with Gasteiger partial charge in [0, 0.05) is 46.2 Å². The van der Waals surface area contributed by atoms with E-state index in [1.54, 1.807) is 6.92 Å². The molecule has 4 heteroatoms. The van der Waals surface area contributed by atoms with Gasteiger partial charge in [-0.15, -0.1) is 0 Å². The number of carbonyl (C=O) groups is 1. The second-order valence-electron chi connectivity index (χ2n) is 3.66. The van der Waals surface area contributed by atoms with Gasteiger partial charge in [-0.2, -0.15) is 0 Å². The van der Waals surface area contributed by atoms with Crippen LogP contribution in [0.3, 0.4) is 0 Å². The molecule has 13 heavy (non-hydrogen) atoms. The normalized spacial score (nSPS) is 23.5. The number of nitrogens with two attached hydrogens (primary N) is 1. The van der Waals surface area contributed by atoms with Gasteiger partial charge in [-0.1, -0.05) is 0 Å². The second kappa shape index (κ2) is 4.58. The Morgan fingerprint density at radius 3 is 2.92 bits per heavy atom. The van der Waals surface area contributed by atoms with Gasteiger partial charge in [0.15, 0.2) is 0 Å². The first-order valence-corrected chi connectivity index (χ1v) is 4.81. The Balaban J connectivity index is 2.36. The lowest BCUT2D eigenvalue weighted by atomic mass is 10.2. The minimum absolute atomic E-state index is 0.152. The second-order valence-corrected chi connectivity index (χ2v) is 3.66. The highest BCUT2D eigenvalue weighted by molar-refractivity contribution is 5.73. The van der Waals surface area contributed by atoms with Crippen molar-refractivity contribution in [3.63, 3.8) is 0 Å². The fourth-order valence-corrected chi connectivity index (χ4v) is 1.77. The van der Waals surface area contributed by atoms with Crippen molar-refractivity contribution in [1.29, 1.82) is 0 Å². The summed E-state index contributed by atoms with van der Waals surface area (Å²) in [6.45, 7) is 5.32. The molecule has 0 saturated carbocycles. The first kappa shape index (κ1) is 10.5. The number of rotatable bonds is 3. The average molecular weight is 185 g/mol. The van der Waals surface area contributed by atoms with Gasteiger partial charge < -0.3 is 10.6 Å². The minimum Gasteiger partial charge on any atom is -0.342 e. The van der Waals surface area contributed by atoms with Crippen LogP contribution >= 0.6 is 0 Å². The monoisotopic (exact) mass is 185 g/mol. The standard InChI is InChI=1S/C9H19N3O/c1-8(13)11(2)9-3-5-12(7-9)6-4-10/h9H,3-7,10H2,1-2H3/t9-/m0/s1. The zero-order valence-corrected chi connectivity index (χ0v) is 8.49. The van der Waals surface area contributed by atoms with Crippen molar-refractivity contribution in [2.45, 2.75) is 19.4 Å². The number of likely N-dealkylation sites (N-methyl/N-ethyl adjacent to an activating group) is 1. The number of hydrogen-bond acceptors (Lipinski definition) is 3. The molecule has 0 aliphatic carbocycles. The van der Waals surface area contributed by atoms with E-state index in [2.05, 4.69) is 4.90 Å². The summed E-state index contributed by atoms with van der Waals surface area (Å²) in [7, 11) is 1.87. The Morgan fingerprint density at radius 1 is 1.69 bits per heavy atom. The third kappa shape index (κ3) is 2.67. The molecule has 0 aromatic carbocycles. The van der Waals surface area contributed by atoms with Crippen LogP contribution in [0.1, 0.15) is 13.3 Å². The van der Waals surface area contributed by atoms with Crippen LogP contribution < -0.4 is 5.73 Å². The smallest absolute Gasteiger partial charge is 0.219 e. The van der Waals surface area contributed by atoms with Crippen LogP contribution in [-0.4, -0.2) is 55.0 Å². The maximum atomic E-state index is 11.1. The van der Waals surface area contributed by atoms with E-state index in [0.29, 0.717) is 12.6 Å². The molecule has 1 rings (SSSR count). The van der Waals surface area contributed by atoms with Crippen molar-refractivity contribution < 1.29 is 4.79 Å². The summed E-state index contributed by atoms with van der Waals surface area (Å²) in [5, 5.41) is 0. The molecule has 76 valence electrons. The Bertz CT molecular complexity index is 184. The number of hydrogen-bond donors (Lipinski definition) is 1. The van der Waals surface area contributed by atoms with Gasteiger partial charge in [0.25, 0.3) is 0 Å². The summed E-state index contributed by atoms with van der Waals surface area (Å²) in [4.78, 5) is 15.2. The number of nitrogens with zero attached hydrogens (tertiary/aromatic N) is 2. The molecule has 0 unspecified atom stereocenters. The van der Waals surface area contributed by atoms with E-state index >= 15 is 0 Å². The van der Waals surface area contributed by atoms with Crippen LogP contribution in [0.2, 0.25) is 0 Å². The molecule has 1 atom stereocenters. The number of carbonyl (C=O) groups excluding carboxylic acids is 1. The van der Waals surface area contributed by atoms with Gasteiger partial charge in [-0.25, -0.2) is 0 Å². The first-order chi connectivity index (χ1) is 6.15. The summed E-state index contributed by atoms with van der Waals surface area (Å²) in [5.74, 6) is 0.152. The zero-order chi connectivity index (χ0) is 9.84. The summed E-state index contributed by atoms with van der Waals surface area (Å²) in [5.41, 5.74) is 5.47. The van der Waals surface area contributed by atoms with Crippen LogP contribution in [0.25, 0.3) is 0 Å². The highest BCUT2D eigenvalue weighted by atomic mass is 16.2. The lowest BCUT2D eigenvalue weighted by Crippen LogP contribution is -2.38. The third-order valence-corrected chi connectivity index (χ3v) is 2.74. The number of amides is 1. The van der Waals surface area contributed by atoms with E-state index in [4.69, 9.17) is 5.73 Å². The van der Waals surface area contributed by atoms with E-state index in [1.165, 1.54) is 0 Å². The van der Waals surface area contributed by atoms with Crippen LogP contribution in [-0.2, 0) is 4.79 Å². The van der Waals surface area contributed by atoms with Crippen molar-refractivity contribution in [3.8, 4) is 0 Å². The van der Waals surface area contributed by atoms with Crippen molar-refractivity contribution in [3.05, 3.63) is 0 Å². The lowest BCUT2D eigenvalue weighted by Gasteiger charge is -2.23. The largest absolute Gasteiger partial charge is 0.342 e. The molecule has 4 nitrogen and oxygen atoms in total. The van der Waals surface area contributed by atoms with Crippen LogP contribution in [0, 0.1) is 0 Å². The third-order valence-electron chi connectivity index (χ3n) is 2.74. The molecule has 1 heterocycles. The van der Waals surface area contributed by atoms with Crippen LogP contribution in [0.5, 0.6) is 0 Å². The average Bonchev–Trinajstić information content (AvgIpc) is 2.52. The van der Waals surface area contributed by atoms with Gasteiger partial charge in [-0.05, 0) is 6.42 Å². The van der Waals surface area contributed by atoms with E-state index < -0.39 is 0 Å². The maximum absolute atomic E-state index is 11.1. The summed E-state index contributed by atoms with van der Waals surface area (Å²) in [6, 6.07) is 0.393. The molecule has 1 aliphatic rings. The van der Waals surface area contributed by atoms with E-state index in [-0.39, 0.29) is 5.91 Å². The molecule has 0 aromatic heterocycles. The van der Waals surface area contributed by atoms with E-state index in [9.17, 15) is 4.79 Å². The molecule has 1 fully saturated rings. The molecule has 0 bridgehead atoms. The van der Waals surface area contributed by atoms with Crippen molar-refractivity contribution >= 4 is 5.91 Å². The Kier molecular flexibility index (Phi) is 3.69. The fourth-order valence-electron chi connectivity index (χ4n) is 1.77. The van der Waals surface area contributed by atoms with Crippen molar-refractivity contribution in [2.24, 2.45) is 5.73 Å². The van der Waals surface area contributed by atoms with Crippen LogP contribution in [0.15, 0.2) is 0 Å². The summed E-state index contributed by atoms with van der Waals surface area (Å²) in [6.07, 6.45) is 1.08. The SMILES string of the molecule is CC(=O)N(C)[C@H]1CCN(CCN)C1. The van der Waals surface area contributed by atoms with Crippen molar-refractivity contribution in [1.82, 2.24) is 9.80 Å². The highest BCUT2D eigenvalue weighted by Crippen LogP contribution is 2.13. The first-order valence-electron chi connectivity index (χ1n) is 4.81. The molecular weight excluding hydrogens is 166 g/mol. The summed E-state index contributed by atoms with van der Waals surface area (Å²) < 4.78 is 0. The molecule has 0 aromatic rings. The Hall–Kier alpha value is -0.610. The molecule has 1 saturated heterocycles. The van der Waals surface area contributed by atoms with Crippen LogP contribution in [0.4, 0.5) is 0 Å². The van der Waals surface area contributed by atoms with Gasteiger partial charge in [-0.3, -0.25) is 9.69 Å². The Morgan fingerprint density at radius 2 is 2.38 bits per heavy atom.